The zero-order valence-electron chi connectivity index (χ0n) is 10.1. The standard InChI is InChI=1S/C14H13ClO2S/c1-10-6-3-4-8-12(10)18(16,17)13-9-5-7-11(2)14(13)15/h3-9H,1-2H3. The second kappa shape index (κ2) is 4.75. The highest BCUT2D eigenvalue weighted by molar-refractivity contribution is 7.91. The number of hydrogen-bond acceptors (Lipinski definition) is 2. The summed E-state index contributed by atoms with van der Waals surface area (Å²) < 4.78 is 25.1. The molecule has 2 nitrogen and oxygen atoms in total. The van der Waals surface area contributed by atoms with Crippen LogP contribution >= 0.6 is 11.6 Å². The summed E-state index contributed by atoms with van der Waals surface area (Å²) in [6, 6.07) is 11.9. The molecule has 0 heterocycles. The Labute approximate surface area is 112 Å². The second-order valence-corrected chi connectivity index (χ2v) is 6.42. The van der Waals surface area contributed by atoms with Crippen LogP contribution < -0.4 is 0 Å². The van der Waals surface area contributed by atoms with Gasteiger partial charge in [-0.25, -0.2) is 8.42 Å². The van der Waals surface area contributed by atoms with Gasteiger partial charge in [-0.2, -0.15) is 0 Å². The van der Waals surface area contributed by atoms with E-state index in [-0.39, 0.29) is 4.90 Å². The Bertz CT molecular complexity index is 691. The maximum atomic E-state index is 12.5. The molecule has 0 saturated carbocycles. The molecule has 0 atom stereocenters. The van der Waals surface area contributed by atoms with Crippen molar-refractivity contribution in [1.29, 1.82) is 0 Å². The average molecular weight is 281 g/mol. The highest BCUT2D eigenvalue weighted by Crippen LogP contribution is 2.30. The smallest absolute Gasteiger partial charge is 0.208 e. The number of sulfone groups is 1. The SMILES string of the molecule is Cc1ccccc1S(=O)(=O)c1cccc(C)c1Cl. The first-order valence-corrected chi connectivity index (χ1v) is 7.36. The van der Waals surface area contributed by atoms with Gasteiger partial charge in [0.05, 0.1) is 14.8 Å². The molecule has 0 fully saturated rings. The first-order valence-electron chi connectivity index (χ1n) is 5.50. The van der Waals surface area contributed by atoms with Crippen LogP contribution in [-0.4, -0.2) is 8.42 Å². The number of aryl methyl sites for hydroxylation is 2. The van der Waals surface area contributed by atoms with Crippen LogP contribution in [0.25, 0.3) is 0 Å². The van der Waals surface area contributed by atoms with Crippen molar-refractivity contribution in [2.24, 2.45) is 0 Å². The van der Waals surface area contributed by atoms with Crippen molar-refractivity contribution in [2.75, 3.05) is 0 Å². The summed E-state index contributed by atoms with van der Waals surface area (Å²) in [5.74, 6) is 0. The van der Waals surface area contributed by atoms with E-state index in [0.717, 1.165) is 11.1 Å². The van der Waals surface area contributed by atoms with Gasteiger partial charge in [0.1, 0.15) is 0 Å². The Balaban J connectivity index is 2.71. The number of benzene rings is 2. The summed E-state index contributed by atoms with van der Waals surface area (Å²) in [5.41, 5.74) is 1.47. The third-order valence-electron chi connectivity index (χ3n) is 2.83. The van der Waals surface area contributed by atoms with E-state index in [9.17, 15) is 8.42 Å². The molecule has 0 spiro atoms. The minimum Gasteiger partial charge on any atom is -0.218 e. The molecular weight excluding hydrogens is 268 g/mol. The van der Waals surface area contributed by atoms with E-state index < -0.39 is 9.84 Å². The highest BCUT2D eigenvalue weighted by atomic mass is 35.5. The average Bonchev–Trinajstić information content (AvgIpc) is 2.32. The van der Waals surface area contributed by atoms with E-state index in [0.29, 0.717) is 9.92 Å². The molecule has 0 aliphatic heterocycles. The van der Waals surface area contributed by atoms with E-state index >= 15 is 0 Å². The summed E-state index contributed by atoms with van der Waals surface area (Å²) in [5, 5.41) is 0.292. The molecular formula is C14H13ClO2S. The van der Waals surface area contributed by atoms with Crippen molar-refractivity contribution in [2.45, 2.75) is 23.6 Å². The van der Waals surface area contributed by atoms with E-state index in [1.807, 2.05) is 6.07 Å². The van der Waals surface area contributed by atoms with E-state index in [4.69, 9.17) is 11.6 Å². The Morgan fingerprint density at radius 1 is 0.833 bits per heavy atom. The van der Waals surface area contributed by atoms with Gasteiger partial charge in [0.2, 0.25) is 9.84 Å². The Hall–Kier alpha value is -1.32. The molecule has 0 N–H and O–H groups in total. The zero-order valence-corrected chi connectivity index (χ0v) is 11.7. The molecule has 2 rings (SSSR count). The quantitative estimate of drug-likeness (QED) is 0.839. The monoisotopic (exact) mass is 280 g/mol. The molecule has 2 aromatic rings. The van der Waals surface area contributed by atoms with Crippen LogP contribution in [0, 0.1) is 13.8 Å². The molecule has 0 unspecified atom stereocenters. The first-order chi connectivity index (χ1) is 8.44. The highest BCUT2D eigenvalue weighted by Gasteiger charge is 2.22. The summed E-state index contributed by atoms with van der Waals surface area (Å²) in [6.45, 7) is 3.57. The van der Waals surface area contributed by atoms with Gasteiger partial charge < -0.3 is 0 Å². The van der Waals surface area contributed by atoms with Crippen LogP contribution in [0.5, 0.6) is 0 Å². The van der Waals surface area contributed by atoms with E-state index in [2.05, 4.69) is 0 Å². The third-order valence-corrected chi connectivity index (χ3v) is 5.40. The lowest BCUT2D eigenvalue weighted by molar-refractivity contribution is 0.595. The molecule has 0 amide bonds. The lowest BCUT2D eigenvalue weighted by Crippen LogP contribution is -2.05. The van der Waals surface area contributed by atoms with Gasteiger partial charge in [0.15, 0.2) is 0 Å². The van der Waals surface area contributed by atoms with Gasteiger partial charge in [-0.3, -0.25) is 0 Å². The lowest BCUT2D eigenvalue weighted by Gasteiger charge is -2.10. The van der Waals surface area contributed by atoms with Crippen LogP contribution in [0.2, 0.25) is 5.02 Å². The minimum atomic E-state index is -3.55. The molecule has 0 saturated heterocycles. The van der Waals surface area contributed by atoms with Gasteiger partial charge in [-0.15, -0.1) is 0 Å². The maximum Gasteiger partial charge on any atom is 0.208 e. The fourth-order valence-corrected chi connectivity index (χ4v) is 3.88. The maximum absolute atomic E-state index is 12.5. The normalized spacial score (nSPS) is 11.5. The van der Waals surface area contributed by atoms with E-state index in [1.165, 1.54) is 6.07 Å². The molecule has 2 aromatic carbocycles. The van der Waals surface area contributed by atoms with Crippen molar-refractivity contribution in [3.05, 3.63) is 58.6 Å². The molecule has 0 aliphatic carbocycles. The Morgan fingerprint density at radius 2 is 1.39 bits per heavy atom. The summed E-state index contributed by atoms with van der Waals surface area (Å²) >= 11 is 6.10. The van der Waals surface area contributed by atoms with Gasteiger partial charge in [-0.05, 0) is 37.1 Å². The number of halogens is 1. The largest absolute Gasteiger partial charge is 0.218 e. The van der Waals surface area contributed by atoms with Crippen LogP contribution in [0.4, 0.5) is 0 Å². The van der Waals surface area contributed by atoms with Crippen LogP contribution in [0.15, 0.2) is 52.3 Å². The van der Waals surface area contributed by atoms with Crippen molar-refractivity contribution >= 4 is 21.4 Å². The van der Waals surface area contributed by atoms with Crippen molar-refractivity contribution < 1.29 is 8.42 Å². The van der Waals surface area contributed by atoms with Crippen molar-refractivity contribution in [3.8, 4) is 0 Å². The molecule has 94 valence electrons. The van der Waals surface area contributed by atoms with Gasteiger partial charge in [0.25, 0.3) is 0 Å². The number of rotatable bonds is 2. The molecule has 18 heavy (non-hydrogen) atoms. The molecule has 0 aromatic heterocycles. The van der Waals surface area contributed by atoms with Crippen LogP contribution in [0.3, 0.4) is 0 Å². The molecule has 0 radical (unpaired) electrons. The first kappa shape index (κ1) is 13.1. The fourth-order valence-electron chi connectivity index (χ4n) is 1.80. The van der Waals surface area contributed by atoms with Crippen molar-refractivity contribution in [1.82, 2.24) is 0 Å². The minimum absolute atomic E-state index is 0.165. The third kappa shape index (κ3) is 2.16. The van der Waals surface area contributed by atoms with Crippen LogP contribution in [0.1, 0.15) is 11.1 Å². The van der Waals surface area contributed by atoms with Gasteiger partial charge >= 0.3 is 0 Å². The van der Waals surface area contributed by atoms with Crippen LogP contribution in [-0.2, 0) is 9.84 Å². The van der Waals surface area contributed by atoms with Gasteiger partial charge in [-0.1, -0.05) is 41.9 Å². The molecule has 4 heteroatoms. The number of hydrogen-bond donors (Lipinski definition) is 0. The second-order valence-electron chi connectivity index (χ2n) is 4.16. The topological polar surface area (TPSA) is 34.1 Å². The predicted octanol–water partition coefficient (Wildman–Crippen LogP) is 3.79. The zero-order chi connectivity index (χ0) is 13.3. The van der Waals surface area contributed by atoms with Crippen molar-refractivity contribution in [3.63, 3.8) is 0 Å². The molecule has 0 bridgehead atoms. The Kier molecular flexibility index (Phi) is 3.46. The Morgan fingerprint density at radius 3 is 2.06 bits per heavy atom. The fraction of sp³-hybridized carbons (Fsp3) is 0.143. The predicted molar refractivity (Wildman–Crippen MR) is 72.8 cm³/mol. The van der Waals surface area contributed by atoms with E-state index in [1.54, 1.807) is 44.2 Å². The summed E-state index contributed by atoms with van der Waals surface area (Å²) in [4.78, 5) is 0.468. The summed E-state index contributed by atoms with van der Waals surface area (Å²) in [7, 11) is -3.55. The lowest BCUT2D eigenvalue weighted by atomic mass is 10.2. The molecule has 0 aliphatic rings. The van der Waals surface area contributed by atoms with Gasteiger partial charge in [0, 0.05) is 0 Å². The summed E-state index contributed by atoms with van der Waals surface area (Å²) in [6.07, 6.45) is 0.